The van der Waals surface area contributed by atoms with Gasteiger partial charge in [-0.25, -0.2) is 17.9 Å². The number of imidazole rings is 1. The summed E-state index contributed by atoms with van der Waals surface area (Å²) in [6, 6.07) is 3.16. The second-order valence-electron chi connectivity index (χ2n) is 6.25. The van der Waals surface area contributed by atoms with Crippen molar-refractivity contribution in [2.45, 2.75) is 18.2 Å². The summed E-state index contributed by atoms with van der Waals surface area (Å²) < 4.78 is 33.1. The molecule has 2 heterocycles. The summed E-state index contributed by atoms with van der Waals surface area (Å²) in [6.45, 7) is 2.18. The van der Waals surface area contributed by atoms with Crippen molar-refractivity contribution >= 4 is 37.0 Å². The first kappa shape index (κ1) is 18.9. The minimum absolute atomic E-state index is 0.101. The minimum Gasteiger partial charge on any atom is -0.295 e. The molecule has 0 atom stereocenters. The van der Waals surface area contributed by atoms with Crippen molar-refractivity contribution in [1.82, 2.24) is 23.6 Å². The molecule has 0 aliphatic heterocycles. The zero-order valence-electron chi connectivity index (χ0n) is 14.9. The summed E-state index contributed by atoms with van der Waals surface area (Å²) >= 11 is 3.31. The summed E-state index contributed by atoms with van der Waals surface area (Å²) in [5.41, 5.74) is 2.89. The normalized spacial score (nSPS) is 12.2. The zero-order valence-corrected chi connectivity index (χ0v) is 17.3. The molecule has 0 bridgehead atoms. The summed E-state index contributed by atoms with van der Waals surface area (Å²) in [6.07, 6.45) is 2.39. The molecule has 0 amide bonds. The molecule has 0 fully saturated rings. The van der Waals surface area contributed by atoms with Crippen LogP contribution in [0.1, 0.15) is 11.3 Å². The third kappa shape index (κ3) is 3.24. The molecule has 0 radical (unpaired) electrons. The highest BCUT2D eigenvalue weighted by atomic mass is 79.9. The standard InChI is InChI=1S/C16H20BrN5O3S/c1-10-9-20(2)19-12(10)5-6-18-26(24,25)15-8-14-13(7-11(15)17)21(3)16(23)22(14)4/h7-9,18H,5-6H2,1-4H3. The van der Waals surface area contributed by atoms with Crippen LogP contribution in [0.5, 0.6) is 0 Å². The molecule has 26 heavy (non-hydrogen) atoms. The molecule has 0 aliphatic carbocycles. The van der Waals surface area contributed by atoms with Crippen molar-refractivity contribution in [3.63, 3.8) is 0 Å². The van der Waals surface area contributed by atoms with E-state index in [0.717, 1.165) is 11.3 Å². The van der Waals surface area contributed by atoms with Gasteiger partial charge in [0.05, 0.1) is 21.6 Å². The molecule has 0 saturated carbocycles. The Balaban J connectivity index is 1.89. The molecular weight excluding hydrogens is 422 g/mol. The van der Waals surface area contributed by atoms with E-state index in [1.54, 1.807) is 24.8 Å². The SMILES string of the molecule is Cc1cn(C)nc1CCNS(=O)(=O)c1cc2c(cc1Br)n(C)c(=O)n2C. The smallest absolute Gasteiger partial charge is 0.295 e. The van der Waals surface area contributed by atoms with Gasteiger partial charge in [-0.1, -0.05) is 0 Å². The maximum Gasteiger partial charge on any atom is 0.328 e. The van der Waals surface area contributed by atoms with E-state index >= 15 is 0 Å². The number of benzene rings is 1. The lowest BCUT2D eigenvalue weighted by Crippen LogP contribution is -2.26. The molecule has 0 saturated heterocycles. The lowest BCUT2D eigenvalue weighted by atomic mass is 10.2. The first-order chi connectivity index (χ1) is 12.1. The molecule has 1 N–H and O–H groups in total. The van der Waals surface area contributed by atoms with Crippen molar-refractivity contribution in [1.29, 1.82) is 0 Å². The van der Waals surface area contributed by atoms with Crippen LogP contribution in [0.2, 0.25) is 0 Å². The number of aromatic nitrogens is 4. The molecule has 8 nitrogen and oxygen atoms in total. The molecule has 0 spiro atoms. The number of hydrogen-bond donors (Lipinski definition) is 1. The van der Waals surface area contributed by atoms with E-state index in [1.165, 1.54) is 15.2 Å². The van der Waals surface area contributed by atoms with Crippen molar-refractivity contribution in [3.8, 4) is 0 Å². The average molecular weight is 442 g/mol. The first-order valence-corrected chi connectivity index (χ1v) is 10.2. The summed E-state index contributed by atoms with van der Waals surface area (Å²) in [5, 5.41) is 4.32. The van der Waals surface area contributed by atoms with Gasteiger partial charge in [-0.3, -0.25) is 13.8 Å². The van der Waals surface area contributed by atoms with Crippen molar-refractivity contribution in [2.24, 2.45) is 21.1 Å². The van der Waals surface area contributed by atoms with Gasteiger partial charge < -0.3 is 0 Å². The van der Waals surface area contributed by atoms with Gasteiger partial charge in [0, 0.05) is 44.8 Å². The van der Waals surface area contributed by atoms with Crippen molar-refractivity contribution in [3.05, 3.63) is 44.5 Å². The Morgan fingerprint density at radius 2 is 1.77 bits per heavy atom. The van der Waals surface area contributed by atoms with E-state index < -0.39 is 10.0 Å². The molecule has 2 aromatic heterocycles. The highest BCUT2D eigenvalue weighted by molar-refractivity contribution is 9.10. The highest BCUT2D eigenvalue weighted by Crippen LogP contribution is 2.27. The Morgan fingerprint density at radius 1 is 1.15 bits per heavy atom. The fourth-order valence-corrected chi connectivity index (χ4v) is 5.07. The second-order valence-corrected chi connectivity index (χ2v) is 8.84. The monoisotopic (exact) mass is 441 g/mol. The van der Waals surface area contributed by atoms with E-state index in [2.05, 4.69) is 25.8 Å². The summed E-state index contributed by atoms with van der Waals surface area (Å²) in [7, 11) is 1.36. The van der Waals surface area contributed by atoms with Gasteiger partial charge >= 0.3 is 5.69 Å². The van der Waals surface area contributed by atoms with E-state index in [9.17, 15) is 13.2 Å². The zero-order chi connectivity index (χ0) is 19.2. The Bertz CT molecular complexity index is 1160. The van der Waals surface area contributed by atoms with Crippen LogP contribution in [0.4, 0.5) is 0 Å². The first-order valence-electron chi connectivity index (χ1n) is 7.95. The average Bonchev–Trinajstić information content (AvgIpc) is 2.98. The lowest BCUT2D eigenvalue weighted by molar-refractivity contribution is 0.580. The largest absolute Gasteiger partial charge is 0.328 e. The maximum absolute atomic E-state index is 12.7. The Hall–Kier alpha value is -1.91. The number of rotatable bonds is 5. The fourth-order valence-electron chi connectivity index (χ4n) is 2.99. The third-order valence-electron chi connectivity index (χ3n) is 4.38. The Morgan fingerprint density at radius 3 is 2.35 bits per heavy atom. The quantitative estimate of drug-likeness (QED) is 0.643. The molecule has 140 valence electrons. The van der Waals surface area contributed by atoms with Gasteiger partial charge in [-0.15, -0.1) is 0 Å². The van der Waals surface area contributed by atoms with Crippen LogP contribution < -0.4 is 10.4 Å². The van der Waals surface area contributed by atoms with Crippen LogP contribution in [0.15, 0.2) is 32.5 Å². The molecule has 0 unspecified atom stereocenters. The fraction of sp³-hybridized carbons (Fsp3) is 0.375. The van der Waals surface area contributed by atoms with Gasteiger partial charge in [-0.2, -0.15) is 5.10 Å². The molecule has 3 rings (SSSR count). The summed E-state index contributed by atoms with van der Waals surface area (Å²) in [5.74, 6) is 0. The molecule has 1 aromatic carbocycles. The number of aryl methyl sites for hydroxylation is 4. The van der Waals surface area contributed by atoms with Crippen molar-refractivity contribution < 1.29 is 8.42 Å². The number of nitrogens with one attached hydrogen (secondary N) is 1. The van der Waals surface area contributed by atoms with Crippen LogP contribution >= 0.6 is 15.9 Å². The van der Waals surface area contributed by atoms with Gasteiger partial charge in [0.1, 0.15) is 0 Å². The van der Waals surface area contributed by atoms with Crippen LogP contribution in [0.3, 0.4) is 0 Å². The second kappa shape index (κ2) is 6.67. The number of nitrogens with zero attached hydrogens (tertiary/aromatic N) is 4. The van der Waals surface area contributed by atoms with Crippen LogP contribution in [-0.4, -0.2) is 33.9 Å². The molecule has 10 heteroatoms. The molecule has 3 aromatic rings. The van der Waals surface area contributed by atoms with Crippen LogP contribution in [0.25, 0.3) is 11.0 Å². The topological polar surface area (TPSA) is 90.9 Å². The van der Waals surface area contributed by atoms with E-state index in [1.807, 2.05) is 20.2 Å². The number of hydrogen-bond acceptors (Lipinski definition) is 4. The van der Waals surface area contributed by atoms with Crippen molar-refractivity contribution in [2.75, 3.05) is 6.54 Å². The van der Waals surface area contributed by atoms with Gasteiger partial charge in [0.2, 0.25) is 10.0 Å². The Labute approximate surface area is 159 Å². The predicted octanol–water partition coefficient (Wildman–Crippen LogP) is 1.20. The summed E-state index contributed by atoms with van der Waals surface area (Å²) in [4.78, 5) is 12.2. The van der Waals surface area contributed by atoms with Crippen LogP contribution in [-0.2, 0) is 37.6 Å². The van der Waals surface area contributed by atoms with Gasteiger partial charge in [-0.05, 0) is 40.5 Å². The number of sulfonamides is 1. The van der Waals surface area contributed by atoms with Gasteiger partial charge in [0.25, 0.3) is 0 Å². The molecular formula is C16H20BrN5O3S. The highest BCUT2D eigenvalue weighted by Gasteiger charge is 2.21. The Kier molecular flexibility index (Phi) is 4.84. The van der Waals surface area contributed by atoms with E-state index in [-0.39, 0.29) is 17.1 Å². The van der Waals surface area contributed by atoms with E-state index in [4.69, 9.17) is 0 Å². The van der Waals surface area contributed by atoms with Crippen LogP contribution in [0, 0.1) is 6.92 Å². The minimum atomic E-state index is -3.74. The third-order valence-corrected chi connectivity index (χ3v) is 6.80. The lowest BCUT2D eigenvalue weighted by Gasteiger charge is -2.09. The van der Waals surface area contributed by atoms with E-state index in [0.29, 0.717) is 21.9 Å². The number of halogens is 1. The molecule has 0 aliphatic rings. The van der Waals surface area contributed by atoms with Gasteiger partial charge in [0.15, 0.2) is 0 Å². The predicted molar refractivity (Wildman–Crippen MR) is 103 cm³/mol. The number of fused-ring (bicyclic) bond motifs is 1. The maximum atomic E-state index is 12.7.